The second kappa shape index (κ2) is 9.85. The molecule has 1 atom stereocenters. The molecule has 5 heteroatoms. The van der Waals surface area contributed by atoms with Crippen molar-refractivity contribution in [3.8, 4) is 5.75 Å². The van der Waals surface area contributed by atoms with Gasteiger partial charge in [-0.25, -0.2) is 4.79 Å². The van der Waals surface area contributed by atoms with Crippen LogP contribution in [-0.2, 0) is 9.53 Å². The van der Waals surface area contributed by atoms with Gasteiger partial charge in [-0.1, -0.05) is 39.3 Å². The molecule has 0 bridgehead atoms. The molecular weight excluding hydrogens is 308 g/mol. The predicted molar refractivity (Wildman–Crippen MR) is 91.6 cm³/mol. The van der Waals surface area contributed by atoms with E-state index in [4.69, 9.17) is 9.47 Å². The van der Waals surface area contributed by atoms with Crippen molar-refractivity contribution >= 4 is 17.5 Å². The largest absolute Gasteiger partial charge is 0.481 e. The zero-order chi connectivity index (χ0) is 18.1. The smallest absolute Gasteiger partial charge is 0.344 e. The van der Waals surface area contributed by atoms with E-state index in [9.17, 15) is 14.4 Å². The maximum atomic E-state index is 12.5. The van der Waals surface area contributed by atoms with Gasteiger partial charge in [-0.3, -0.25) is 9.59 Å². The summed E-state index contributed by atoms with van der Waals surface area (Å²) < 4.78 is 10.5. The number of benzene rings is 1. The molecular formula is C19H26O5. The van der Waals surface area contributed by atoms with E-state index in [2.05, 4.69) is 0 Å². The van der Waals surface area contributed by atoms with Crippen molar-refractivity contribution in [2.75, 3.05) is 13.2 Å². The summed E-state index contributed by atoms with van der Waals surface area (Å²) in [4.78, 5) is 36.1. The fraction of sp³-hybridized carbons (Fsp3) is 0.526. The lowest BCUT2D eigenvalue weighted by Gasteiger charge is -2.15. The first kappa shape index (κ1) is 19.9. The number of hydrogen-bond acceptors (Lipinski definition) is 5. The lowest BCUT2D eigenvalue weighted by atomic mass is 9.92. The molecule has 0 aliphatic rings. The predicted octanol–water partition coefficient (Wildman–Crippen LogP) is 3.84. The van der Waals surface area contributed by atoms with Crippen LogP contribution in [0.1, 0.15) is 67.7 Å². The van der Waals surface area contributed by atoms with E-state index in [1.807, 2.05) is 20.8 Å². The minimum Gasteiger partial charge on any atom is -0.481 e. The Hall–Kier alpha value is -2.17. The van der Waals surface area contributed by atoms with Crippen molar-refractivity contribution in [1.29, 1.82) is 0 Å². The summed E-state index contributed by atoms with van der Waals surface area (Å²) >= 11 is 0. The number of esters is 1. The van der Waals surface area contributed by atoms with E-state index in [0.29, 0.717) is 18.6 Å². The SMILES string of the molecule is CCCCOC(=O)COc1cccc(C(=O)C(C)CC)c1C(C)=O. The third-order valence-corrected chi connectivity index (χ3v) is 3.81. The molecule has 0 spiro atoms. The van der Waals surface area contributed by atoms with Gasteiger partial charge in [0.25, 0.3) is 0 Å². The van der Waals surface area contributed by atoms with Gasteiger partial charge in [-0.05, 0) is 25.8 Å². The van der Waals surface area contributed by atoms with Gasteiger partial charge in [-0.2, -0.15) is 0 Å². The number of Topliss-reactive ketones (excluding diaryl/α,β-unsaturated/α-hetero) is 2. The second-order valence-electron chi connectivity index (χ2n) is 5.77. The number of unbranched alkanes of at least 4 members (excludes halogenated alkanes) is 1. The Morgan fingerprint density at radius 3 is 2.46 bits per heavy atom. The number of rotatable bonds is 10. The maximum Gasteiger partial charge on any atom is 0.344 e. The number of carbonyl (C=O) groups is 3. The van der Waals surface area contributed by atoms with E-state index in [1.54, 1.807) is 18.2 Å². The Bertz CT molecular complexity index is 591. The molecule has 1 aromatic rings. The zero-order valence-electron chi connectivity index (χ0n) is 14.9. The molecule has 0 radical (unpaired) electrons. The Balaban J connectivity index is 2.93. The molecule has 5 nitrogen and oxygen atoms in total. The van der Waals surface area contributed by atoms with E-state index < -0.39 is 5.97 Å². The Morgan fingerprint density at radius 1 is 1.17 bits per heavy atom. The zero-order valence-corrected chi connectivity index (χ0v) is 14.9. The molecule has 0 saturated heterocycles. The number of ether oxygens (including phenoxy) is 2. The standard InChI is InChI=1S/C19H26O5/c1-5-7-11-23-17(21)12-24-16-10-8-9-15(18(16)14(4)20)19(22)13(3)6-2/h8-10,13H,5-7,11-12H2,1-4H3. The number of carbonyl (C=O) groups excluding carboxylic acids is 3. The van der Waals surface area contributed by atoms with E-state index in [1.165, 1.54) is 6.92 Å². The molecule has 0 heterocycles. The lowest BCUT2D eigenvalue weighted by Crippen LogP contribution is -2.19. The first-order chi connectivity index (χ1) is 11.4. The van der Waals surface area contributed by atoms with Gasteiger partial charge in [0.1, 0.15) is 5.75 Å². The van der Waals surface area contributed by atoms with Gasteiger partial charge in [0.05, 0.1) is 12.2 Å². The van der Waals surface area contributed by atoms with Crippen LogP contribution in [0.4, 0.5) is 0 Å². The van der Waals surface area contributed by atoms with E-state index >= 15 is 0 Å². The second-order valence-corrected chi connectivity index (χ2v) is 5.77. The van der Waals surface area contributed by atoms with Crippen LogP contribution < -0.4 is 4.74 Å². The Kier molecular flexibility index (Phi) is 8.16. The highest BCUT2D eigenvalue weighted by molar-refractivity contribution is 6.10. The van der Waals surface area contributed by atoms with Crippen molar-refractivity contribution in [1.82, 2.24) is 0 Å². The average Bonchev–Trinajstić information content (AvgIpc) is 2.58. The fourth-order valence-electron chi connectivity index (χ4n) is 2.18. The molecule has 0 aliphatic carbocycles. The highest BCUT2D eigenvalue weighted by Crippen LogP contribution is 2.26. The quantitative estimate of drug-likeness (QED) is 0.369. The van der Waals surface area contributed by atoms with Crippen molar-refractivity contribution in [2.24, 2.45) is 5.92 Å². The van der Waals surface area contributed by atoms with Crippen LogP contribution in [0.3, 0.4) is 0 Å². The number of hydrogen-bond donors (Lipinski definition) is 0. The van der Waals surface area contributed by atoms with Crippen molar-refractivity contribution in [2.45, 2.75) is 47.0 Å². The molecule has 132 valence electrons. The van der Waals surface area contributed by atoms with Crippen LogP contribution in [0, 0.1) is 5.92 Å². The average molecular weight is 334 g/mol. The van der Waals surface area contributed by atoms with Crippen LogP contribution in [0.5, 0.6) is 5.75 Å². The molecule has 0 saturated carbocycles. The molecule has 0 amide bonds. The molecule has 0 aromatic heterocycles. The highest BCUT2D eigenvalue weighted by atomic mass is 16.6. The van der Waals surface area contributed by atoms with Crippen LogP contribution >= 0.6 is 0 Å². The summed E-state index contributed by atoms with van der Waals surface area (Å²) in [5, 5.41) is 0. The summed E-state index contributed by atoms with van der Waals surface area (Å²) in [7, 11) is 0. The maximum absolute atomic E-state index is 12.5. The van der Waals surface area contributed by atoms with Gasteiger partial charge in [0.15, 0.2) is 18.2 Å². The monoisotopic (exact) mass is 334 g/mol. The third kappa shape index (κ3) is 5.48. The van der Waals surface area contributed by atoms with Crippen LogP contribution in [0.15, 0.2) is 18.2 Å². The van der Waals surface area contributed by atoms with Crippen LogP contribution in [0.25, 0.3) is 0 Å². The van der Waals surface area contributed by atoms with Gasteiger partial charge < -0.3 is 9.47 Å². The first-order valence-electron chi connectivity index (χ1n) is 8.38. The van der Waals surface area contributed by atoms with Gasteiger partial charge in [0, 0.05) is 11.5 Å². The van der Waals surface area contributed by atoms with Crippen molar-refractivity contribution in [3.05, 3.63) is 29.3 Å². The summed E-state index contributed by atoms with van der Waals surface area (Å²) in [6, 6.07) is 4.86. The third-order valence-electron chi connectivity index (χ3n) is 3.81. The van der Waals surface area contributed by atoms with Gasteiger partial charge in [0.2, 0.25) is 0 Å². The van der Waals surface area contributed by atoms with Crippen molar-refractivity contribution in [3.63, 3.8) is 0 Å². The summed E-state index contributed by atoms with van der Waals surface area (Å²) in [5.41, 5.74) is 0.567. The minimum absolute atomic E-state index is 0.0985. The van der Waals surface area contributed by atoms with E-state index in [0.717, 1.165) is 12.8 Å². The Labute approximate surface area is 143 Å². The first-order valence-corrected chi connectivity index (χ1v) is 8.38. The van der Waals surface area contributed by atoms with Gasteiger partial charge in [-0.15, -0.1) is 0 Å². The fourth-order valence-corrected chi connectivity index (χ4v) is 2.18. The van der Waals surface area contributed by atoms with E-state index in [-0.39, 0.29) is 35.4 Å². The molecule has 0 N–H and O–H groups in total. The normalized spacial score (nSPS) is 11.7. The Morgan fingerprint density at radius 2 is 1.88 bits per heavy atom. The topological polar surface area (TPSA) is 69.7 Å². The van der Waals surface area contributed by atoms with Crippen LogP contribution in [0.2, 0.25) is 0 Å². The van der Waals surface area contributed by atoms with Gasteiger partial charge >= 0.3 is 5.97 Å². The minimum atomic E-state index is -0.489. The van der Waals surface area contributed by atoms with Crippen molar-refractivity contribution < 1.29 is 23.9 Å². The molecule has 1 rings (SSSR count). The number of ketones is 2. The molecule has 1 aromatic carbocycles. The summed E-state index contributed by atoms with van der Waals surface area (Å²) in [5.74, 6) is -0.798. The highest BCUT2D eigenvalue weighted by Gasteiger charge is 2.22. The molecule has 24 heavy (non-hydrogen) atoms. The molecule has 1 unspecified atom stereocenters. The summed E-state index contributed by atoms with van der Waals surface area (Å²) in [6.07, 6.45) is 2.41. The van der Waals surface area contributed by atoms with Crippen LogP contribution in [-0.4, -0.2) is 30.7 Å². The molecule has 0 aliphatic heterocycles. The lowest BCUT2D eigenvalue weighted by molar-refractivity contribution is -0.146. The molecule has 0 fully saturated rings. The summed E-state index contributed by atoms with van der Waals surface area (Å²) in [6.45, 7) is 7.20.